The van der Waals surface area contributed by atoms with Gasteiger partial charge >= 0.3 is 6.18 Å². The van der Waals surface area contributed by atoms with Crippen LogP contribution in [0.3, 0.4) is 0 Å². The minimum Gasteiger partial charge on any atom is -0.497 e. The summed E-state index contributed by atoms with van der Waals surface area (Å²) in [6.07, 6.45) is -3.15. The van der Waals surface area contributed by atoms with Crippen LogP contribution >= 0.6 is 0 Å². The number of H-pyrrole nitrogens is 1. The molecule has 0 unspecified atom stereocenters. The van der Waals surface area contributed by atoms with Crippen LogP contribution in [-0.2, 0) is 6.18 Å². The Labute approximate surface area is 158 Å². The van der Waals surface area contributed by atoms with Gasteiger partial charge in [0.15, 0.2) is 0 Å². The van der Waals surface area contributed by atoms with Crippen LogP contribution in [0.4, 0.5) is 13.2 Å². The van der Waals surface area contributed by atoms with Crippen molar-refractivity contribution in [3.63, 3.8) is 0 Å². The molecule has 0 saturated carbocycles. The molecular formula is C19H15F3N4O2. The second-order valence-electron chi connectivity index (χ2n) is 5.71. The van der Waals surface area contributed by atoms with Crippen LogP contribution < -0.4 is 10.2 Å². The van der Waals surface area contributed by atoms with Gasteiger partial charge in [-0.1, -0.05) is 12.1 Å². The Kier molecular flexibility index (Phi) is 5.44. The van der Waals surface area contributed by atoms with E-state index in [0.717, 1.165) is 17.7 Å². The number of aromatic amines is 1. The zero-order valence-electron chi connectivity index (χ0n) is 14.6. The topological polar surface area (TPSA) is 79.4 Å². The lowest BCUT2D eigenvalue weighted by Crippen LogP contribution is -2.18. The summed E-state index contributed by atoms with van der Waals surface area (Å²) in [6, 6.07) is 13.1. The first kappa shape index (κ1) is 19.2. The number of carbonyl (C=O) groups is 1. The van der Waals surface area contributed by atoms with Gasteiger partial charge in [-0.3, -0.25) is 9.89 Å². The first-order valence-corrected chi connectivity index (χ1v) is 8.07. The summed E-state index contributed by atoms with van der Waals surface area (Å²) < 4.78 is 42.7. The van der Waals surface area contributed by atoms with E-state index in [-0.39, 0.29) is 5.69 Å². The highest BCUT2D eigenvalue weighted by molar-refractivity contribution is 5.94. The monoisotopic (exact) mass is 388 g/mol. The van der Waals surface area contributed by atoms with Crippen molar-refractivity contribution in [2.75, 3.05) is 7.11 Å². The van der Waals surface area contributed by atoms with Crippen molar-refractivity contribution in [3.05, 3.63) is 71.4 Å². The third-order valence-electron chi connectivity index (χ3n) is 3.83. The first-order valence-electron chi connectivity index (χ1n) is 8.07. The average molecular weight is 388 g/mol. The highest BCUT2D eigenvalue weighted by Crippen LogP contribution is 2.28. The molecule has 9 heteroatoms. The molecule has 1 amide bonds. The van der Waals surface area contributed by atoms with E-state index in [9.17, 15) is 18.0 Å². The lowest BCUT2D eigenvalue weighted by atomic mass is 10.1. The zero-order valence-corrected chi connectivity index (χ0v) is 14.6. The van der Waals surface area contributed by atoms with Crippen molar-refractivity contribution >= 4 is 12.1 Å². The number of benzene rings is 2. The highest BCUT2D eigenvalue weighted by atomic mass is 19.4. The van der Waals surface area contributed by atoms with Crippen molar-refractivity contribution in [2.45, 2.75) is 6.18 Å². The fourth-order valence-electron chi connectivity index (χ4n) is 2.33. The van der Waals surface area contributed by atoms with Gasteiger partial charge in [0, 0.05) is 5.56 Å². The number of nitrogens with zero attached hydrogens (tertiary/aromatic N) is 2. The standard InChI is InChI=1S/C19H15F3N4O2/c1-28-15-8-4-13(5-9-15)16-10-17(25-24-16)18(27)26-23-11-12-2-6-14(7-3-12)19(20,21)22/h2-11H,1H3,(H,24,25)(H,26,27). The number of halogens is 3. The average Bonchev–Trinajstić information content (AvgIpc) is 3.18. The molecular weight excluding hydrogens is 373 g/mol. The molecule has 3 aromatic rings. The predicted octanol–water partition coefficient (Wildman–Crippen LogP) is 3.87. The molecule has 0 saturated heterocycles. The number of alkyl halides is 3. The molecule has 0 aliphatic rings. The SMILES string of the molecule is COc1ccc(-c2cc(C(=O)NN=Cc3ccc(C(F)(F)F)cc3)[nH]n2)cc1. The lowest BCUT2D eigenvalue weighted by molar-refractivity contribution is -0.137. The van der Waals surface area contributed by atoms with Crippen molar-refractivity contribution in [3.8, 4) is 17.0 Å². The van der Waals surface area contributed by atoms with Gasteiger partial charge in [-0.25, -0.2) is 5.43 Å². The fourth-order valence-corrected chi connectivity index (χ4v) is 2.33. The summed E-state index contributed by atoms with van der Waals surface area (Å²) in [4.78, 5) is 12.1. The maximum Gasteiger partial charge on any atom is 0.416 e. The van der Waals surface area contributed by atoms with Gasteiger partial charge in [-0.05, 0) is 48.0 Å². The molecule has 0 fully saturated rings. The van der Waals surface area contributed by atoms with E-state index in [0.29, 0.717) is 17.0 Å². The number of methoxy groups -OCH3 is 1. The Morgan fingerprint density at radius 2 is 1.82 bits per heavy atom. The number of rotatable bonds is 5. The number of hydrazone groups is 1. The summed E-state index contributed by atoms with van der Waals surface area (Å²) >= 11 is 0. The number of nitrogens with one attached hydrogen (secondary N) is 2. The second kappa shape index (κ2) is 7.95. The summed E-state index contributed by atoms with van der Waals surface area (Å²) in [5.74, 6) is 0.172. The Morgan fingerprint density at radius 3 is 2.43 bits per heavy atom. The third-order valence-corrected chi connectivity index (χ3v) is 3.83. The van der Waals surface area contributed by atoms with Gasteiger partial charge < -0.3 is 4.74 Å². The maximum atomic E-state index is 12.5. The largest absolute Gasteiger partial charge is 0.497 e. The van der Waals surface area contributed by atoms with E-state index < -0.39 is 17.6 Å². The van der Waals surface area contributed by atoms with Crippen molar-refractivity contribution < 1.29 is 22.7 Å². The Morgan fingerprint density at radius 1 is 1.14 bits per heavy atom. The minimum atomic E-state index is -4.40. The molecule has 2 N–H and O–H groups in total. The molecule has 2 aromatic carbocycles. The number of aromatic nitrogens is 2. The van der Waals surface area contributed by atoms with Crippen LogP contribution in [0.15, 0.2) is 59.7 Å². The predicted molar refractivity (Wildman–Crippen MR) is 97.1 cm³/mol. The quantitative estimate of drug-likeness (QED) is 0.514. The van der Waals surface area contributed by atoms with E-state index in [2.05, 4.69) is 20.7 Å². The maximum absolute atomic E-state index is 12.5. The molecule has 1 heterocycles. The third kappa shape index (κ3) is 4.56. The van der Waals surface area contributed by atoms with Crippen LogP contribution in [0, 0.1) is 0 Å². The zero-order chi connectivity index (χ0) is 20.1. The fraction of sp³-hybridized carbons (Fsp3) is 0.105. The number of carbonyl (C=O) groups excluding carboxylic acids is 1. The summed E-state index contributed by atoms with van der Waals surface area (Å²) in [5, 5.41) is 10.4. The lowest BCUT2D eigenvalue weighted by Gasteiger charge is -2.05. The summed E-state index contributed by atoms with van der Waals surface area (Å²) in [7, 11) is 1.57. The number of amides is 1. The number of hydrogen-bond donors (Lipinski definition) is 2. The molecule has 0 spiro atoms. The molecule has 1 aromatic heterocycles. The van der Waals surface area contributed by atoms with Gasteiger partial charge in [0.25, 0.3) is 5.91 Å². The highest BCUT2D eigenvalue weighted by Gasteiger charge is 2.29. The summed E-state index contributed by atoms with van der Waals surface area (Å²) in [5.41, 5.74) is 3.51. The minimum absolute atomic E-state index is 0.190. The van der Waals surface area contributed by atoms with E-state index >= 15 is 0 Å². The number of hydrogen-bond acceptors (Lipinski definition) is 4. The Balaban J connectivity index is 1.62. The van der Waals surface area contributed by atoms with Crippen molar-refractivity contribution in [1.82, 2.24) is 15.6 Å². The van der Waals surface area contributed by atoms with Crippen LogP contribution in [-0.4, -0.2) is 29.4 Å². The smallest absolute Gasteiger partial charge is 0.416 e. The molecule has 0 bridgehead atoms. The van der Waals surface area contributed by atoms with Crippen molar-refractivity contribution in [1.29, 1.82) is 0 Å². The molecule has 0 radical (unpaired) electrons. The Bertz CT molecular complexity index is 978. The second-order valence-corrected chi connectivity index (χ2v) is 5.71. The van der Waals surface area contributed by atoms with Gasteiger partial charge in [0.1, 0.15) is 11.4 Å². The van der Waals surface area contributed by atoms with E-state index in [1.807, 2.05) is 0 Å². The first-order chi connectivity index (χ1) is 13.4. The molecule has 6 nitrogen and oxygen atoms in total. The molecule has 0 atom stereocenters. The van der Waals surface area contributed by atoms with Crippen LogP contribution in [0.2, 0.25) is 0 Å². The summed E-state index contributed by atoms with van der Waals surface area (Å²) in [6.45, 7) is 0. The molecule has 28 heavy (non-hydrogen) atoms. The van der Waals surface area contributed by atoms with Gasteiger partial charge in [-0.15, -0.1) is 0 Å². The van der Waals surface area contributed by atoms with Crippen LogP contribution in [0.5, 0.6) is 5.75 Å². The van der Waals surface area contributed by atoms with E-state index in [1.54, 1.807) is 37.4 Å². The van der Waals surface area contributed by atoms with Crippen LogP contribution in [0.1, 0.15) is 21.6 Å². The van der Waals surface area contributed by atoms with Crippen molar-refractivity contribution in [2.24, 2.45) is 5.10 Å². The number of ether oxygens (including phenoxy) is 1. The van der Waals surface area contributed by atoms with Crippen LogP contribution in [0.25, 0.3) is 11.3 Å². The molecule has 144 valence electrons. The van der Waals surface area contributed by atoms with Gasteiger partial charge in [0.2, 0.25) is 0 Å². The molecule has 3 rings (SSSR count). The van der Waals surface area contributed by atoms with Gasteiger partial charge in [-0.2, -0.15) is 23.4 Å². The normalized spacial score (nSPS) is 11.6. The molecule has 0 aliphatic heterocycles. The molecule has 0 aliphatic carbocycles. The Hall–Kier alpha value is -3.62. The van der Waals surface area contributed by atoms with E-state index in [1.165, 1.54) is 18.3 Å². The van der Waals surface area contributed by atoms with E-state index in [4.69, 9.17) is 4.74 Å². The van der Waals surface area contributed by atoms with Gasteiger partial charge in [0.05, 0.1) is 24.6 Å².